The van der Waals surface area contributed by atoms with Crippen LogP contribution in [-0.4, -0.2) is 31.4 Å². The van der Waals surface area contributed by atoms with Crippen molar-refractivity contribution in [2.24, 2.45) is 0 Å². The highest BCUT2D eigenvalue weighted by atomic mass is 32.2. The Labute approximate surface area is 179 Å². The molecule has 3 heterocycles. The fraction of sp³-hybridized carbons (Fsp3) is 0.150. The third-order valence-electron chi connectivity index (χ3n) is 4.08. The predicted molar refractivity (Wildman–Crippen MR) is 118 cm³/mol. The van der Waals surface area contributed by atoms with Gasteiger partial charge in [-0.2, -0.15) is 4.98 Å². The van der Waals surface area contributed by atoms with Gasteiger partial charge in [-0.1, -0.05) is 53.3 Å². The summed E-state index contributed by atoms with van der Waals surface area (Å²) in [5.41, 5.74) is 1.49. The normalized spacial score (nSPS) is 11.0. The van der Waals surface area contributed by atoms with Crippen molar-refractivity contribution in [2.45, 2.75) is 18.6 Å². The number of amides is 1. The summed E-state index contributed by atoms with van der Waals surface area (Å²) in [6, 6.07) is 11.8. The van der Waals surface area contributed by atoms with E-state index < -0.39 is 0 Å². The van der Waals surface area contributed by atoms with Gasteiger partial charge in [0, 0.05) is 11.4 Å². The quantitative estimate of drug-likeness (QED) is 0.266. The van der Waals surface area contributed by atoms with Gasteiger partial charge < -0.3 is 4.52 Å². The van der Waals surface area contributed by atoms with Crippen LogP contribution in [0.4, 0.5) is 6.01 Å². The van der Waals surface area contributed by atoms with E-state index in [4.69, 9.17) is 4.52 Å². The molecule has 4 aromatic rings. The molecule has 0 aliphatic heterocycles. The van der Waals surface area contributed by atoms with Gasteiger partial charge in [-0.25, -0.2) is 4.98 Å². The molecule has 0 unspecified atom stereocenters. The second-order valence-electron chi connectivity index (χ2n) is 6.27. The fourth-order valence-electron chi connectivity index (χ4n) is 2.77. The lowest BCUT2D eigenvalue weighted by atomic mass is 10.2. The molecule has 1 amide bonds. The molecule has 8 nitrogen and oxygen atoms in total. The second kappa shape index (κ2) is 8.64. The predicted octanol–water partition coefficient (Wildman–Crippen LogP) is 3.73. The van der Waals surface area contributed by atoms with Crippen LogP contribution in [0, 0.1) is 6.92 Å². The summed E-state index contributed by atoms with van der Waals surface area (Å²) in [5, 5.41) is 6.60. The number of aromatic nitrogens is 4. The number of thiophene rings is 1. The summed E-state index contributed by atoms with van der Waals surface area (Å²) in [5.74, 6) is 0.127. The number of carbonyl (C=O) groups excluding carboxylic acids is 1. The Morgan fingerprint density at radius 1 is 1.33 bits per heavy atom. The molecule has 30 heavy (non-hydrogen) atoms. The van der Waals surface area contributed by atoms with Crippen LogP contribution in [0.5, 0.6) is 0 Å². The maximum absolute atomic E-state index is 13.1. The van der Waals surface area contributed by atoms with Crippen LogP contribution in [-0.2, 0) is 11.3 Å². The molecule has 0 radical (unpaired) electrons. The molecule has 1 aromatic carbocycles. The number of aryl methyl sites for hydroxylation is 1. The van der Waals surface area contributed by atoms with Crippen LogP contribution in [0.2, 0.25) is 0 Å². The van der Waals surface area contributed by atoms with Gasteiger partial charge in [0.25, 0.3) is 5.56 Å². The van der Waals surface area contributed by atoms with E-state index in [0.717, 1.165) is 22.2 Å². The fourth-order valence-corrected chi connectivity index (χ4v) is 4.63. The van der Waals surface area contributed by atoms with Crippen molar-refractivity contribution in [3.05, 3.63) is 65.2 Å². The largest absolute Gasteiger partial charge is 0.328 e. The Hall–Kier alpha value is -3.24. The van der Waals surface area contributed by atoms with E-state index in [1.165, 1.54) is 15.9 Å². The smallest absolute Gasteiger partial charge is 0.315 e. The molecule has 10 heteroatoms. The summed E-state index contributed by atoms with van der Waals surface area (Å²) < 4.78 is 6.98. The molecule has 0 bridgehead atoms. The molecular weight excluding hydrogens is 422 g/mol. The van der Waals surface area contributed by atoms with Gasteiger partial charge in [0.15, 0.2) is 11.0 Å². The number of rotatable bonds is 7. The van der Waals surface area contributed by atoms with Crippen molar-refractivity contribution in [1.82, 2.24) is 19.7 Å². The number of carbonyl (C=O) groups is 1. The highest BCUT2D eigenvalue weighted by Gasteiger charge is 2.16. The van der Waals surface area contributed by atoms with Gasteiger partial charge in [0.2, 0.25) is 5.91 Å². The minimum atomic E-state index is -0.335. The molecular formula is C20H17N5O3S2. The molecule has 4 rings (SSSR count). The van der Waals surface area contributed by atoms with Crippen molar-refractivity contribution in [1.29, 1.82) is 0 Å². The van der Waals surface area contributed by atoms with Gasteiger partial charge in [-0.05, 0) is 18.6 Å². The maximum atomic E-state index is 13.1. The van der Waals surface area contributed by atoms with Crippen molar-refractivity contribution >= 4 is 45.2 Å². The Morgan fingerprint density at radius 3 is 2.83 bits per heavy atom. The summed E-state index contributed by atoms with van der Waals surface area (Å²) in [7, 11) is 0. The van der Waals surface area contributed by atoms with E-state index in [0.29, 0.717) is 27.7 Å². The first-order valence-corrected chi connectivity index (χ1v) is 10.8. The van der Waals surface area contributed by atoms with Crippen LogP contribution in [0.25, 0.3) is 20.7 Å². The zero-order valence-electron chi connectivity index (χ0n) is 16.0. The molecule has 0 fully saturated rings. The third-order valence-corrected chi connectivity index (χ3v) is 6.21. The van der Waals surface area contributed by atoms with Crippen LogP contribution >= 0.6 is 23.1 Å². The van der Waals surface area contributed by atoms with E-state index in [1.54, 1.807) is 13.0 Å². The number of hydrogen-bond acceptors (Lipinski definition) is 8. The average Bonchev–Trinajstić information content (AvgIpc) is 3.36. The Kier molecular flexibility index (Phi) is 5.77. The first-order valence-electron chi connectivity index (χ1n) is 8.99. The number of hydrogen-bond donors (Lipinski definition) is 1. The minimum Gasteiger partial charge on any atom is -0.315 e. The number of nitrogens with zero attached hydrogens (tertiary/aromatic N) is 4. The van der Waals surface area contributed by atoms with Crippen LogP contribution in [0.1, 0.15) is 5.82 Å². The van der Waals surface area contributed by atoms with E-state index in [2.05, 4.69) is 27.0 Å². The van der Waals surface area contributed by atoms with Crippen molar-refractivity contribution in [3.63, 3.8) is 0 Å². The minimum absolute atomic E-state index is 0.0339. The maximum Gasteiger partial charge on any atom is 0.328 e. The number of fused-ring (bicyclic) bond motifs is 1. The first-order chi connectivity index (χ1) is 14.5. The Bertz CT molecular complexity index is 1280. The number of thioether (sulfide) groups is 1. The molecule has 0 aliphatic carbocycles. The van der Waals surface area contributed by atoms with Gasteiger partial charge in [0.05, 0.1) is 11.3 Å². The molecule has 152 valence electrons. The molecule has 0 aliphatic rings. The Balaban J connectivity index is 1.62. The number of allylic oxidation sites excluding steroid dienone is 1. The SMILES string of the molecule is C=CCn1c(SCC(=O)Nc2nc(C)no2)nc2cc(-c3ccccc3)sc2c1=O. The summed E-state index contributed by atoms with van der Waals surface area (Å²) in [4.78, 5) is 34.8. The standard InChI is InChI=1S/C20H17N5O3S2/c1-3-9-25-18(27)17-14(10-15(30-17)13-7-5-4-6-8-13)22-20(25)29-11-16(26)23-19-21-12(2)24-28-19/h3-8,10H,1,9,11H2,2H3,(H,21,23,24,26). The van der Waals surface area contributed by atoms with Gasteiger partial charge in [-0.15, -0.1) is 17.9 Å². The topological polar surface area (TPSA) is 103 Å². The summed E-state index contributed by atoms with van der Waals surface area (Å²) >= 11 is 2.57. The highest BCUT2D eigenvalue weighted by molar-refractivity contribution is 7.99. The lowest BCUT2D eigenvalue weighted by Crippen LogP contribution is -2.23. The number of nitrogens with one attached hydrogen (secondary N) is 1. The van der Waals surface area contributed by atoms with Crippen LogP contribution in [0.3, 0.4) is 0 Å². The lowest BCUT2D eigenvalue weighted by Gasteiger charge is -2.09. The molecule has 0 atom stereocenters. The van der Waals surface area contributed by atoms with E-state index in [1.807, 2.05) is 36.4 Å². The molecule has 3 aromatic heterocycles. The molecule has 0 saturated heterocycles. The van der Waals surface area contributed by atoms with E-state index in [9.17, 15) is 9.59 Å². The van der Waals surface area contributed by atoms with Crippen molar-refractivity contribution in [3.8, 4) is 10.4 Å². The second-order valence-corrected chi connectivity index (χ2v) is 8.27. The van der Waals surface area contributed by atoms with Crippen LogP contribution in [0.15, 0.2) is 63.5 Å². The third kappa shape index (κ3) is 4.19. The van der Waals surface area contributed by atoms with Gasteiger partial charge >= 0.3 is 6.01 Å². The Morgan fingerprint density at radius 2 is 2.13 bits per heavy atom. The summed E-state index contributed by atoms with van der Waals surface area (Å²) in [6.45, 7) is 5.68. The first kappa shape index (κ1) is 20.0. The van der Waals surface area contributed by atoms with E-state index >= 15 is 0 Å². The lowest BCUT2D eigenvalue weighted by molar-refractivity contribution is -0.114. The van der Waals surface area contributed by atoms with Gasteiger partial charge in [0.1, 0.15) is 4.70 Å². The summed E-state index contributed by atoms with van der Waals surface area (Å²) in [6.07, 6.45) is 1.63. The van der Waals surface area contributed by atoms with Gasteiger partial charge in [-0.3, -0.25) is 19.5 Å². The van der Waals surface area contributed by atoms with Crippen molar-refractivity contribution in [2.75, 3.05) is 11.1 Å². The van der Waals surface area contributed by atoms with Crippen LogP contribution < -0.4 is 10.9 Å². The molecule has 0 spiro atoms. The molecule has 1 N–H and O–H groups in total. The van der Waals surface area contributed by atoms with Crippen molar-refractivity contribution < 1.29 is 9.32 Å². The highest BCUT2D eigenvalue weighted by Crippen LogP contribution is 2.32. The average molecular weight is 440 g/mol. The number of benzene rings is 1. The number of anilines is 1. The monoisotopic (exact) mass is 439 g/mol. The van der Waals surface area contributed by atoms with E-state index in [-0.39, 0.29) is 23.2 Å². The zero-order valence-corrected chi connectivity index (χ0v) is 17.6. The molecule has 0 saturated carbocycles. The zero-order chi connectivity index (χ0) is 21.1.